The fraction of sp³-hybridized carbons (Fsp3) is 0.417. The van der Waals surface area contributed by atoms with Gasteiger partial charge in [-0.3, -0.25) is 4.68 Å². The molecule has 0 aliphatic rings. The molecular weight excluding hydrogens is 282 g/mol. The zero-order valence-electron chi connectivity index (χ0n) is 10.3. The Morgan fingerprint density at radius 3 is 2.88 bits per heavy atom. The molecule has 0 amide bonds. The monoisotopic (exact) mass is 297 g/mol. The second kappa shape index (κ2) is 5.06. The van der Waals surface area contributed by atoms with Crippen molar-refractivity contribution < 1.29 is 4.74 Å². The Hall–Kier alpha value is -1.07. The number of ether oxygens (including phenoxy) is 1. The van der Waals surface area contributed by atoms with Gasteiger partial charge in [-0.1, -0.05) is 15.9 Å². The summed E-state index contributed by atoms with van der Waals surface area (Å²) >= 11 is 3.52. The largest absolute Gasteiger partial charge is 0.490 e. The standard InChI is InChI=1S/C12H16BrN3O/c1-15(2)6-7-17-11-5-4-10(13)9-8-16(3)14-12(9)11/h4-5,8H,6-7H2,1-3H3. The number of aryl methyl sites for hydroxylation is 1. The maximum atomic E-state index is 5.76. The minimum atomic E-state index is 0.667. The van der Waals surface area contributed by atoms with Crippen LogP contribution in [0.2, 0.25) is 0 Å². The molecule has 5 heteroatoms. The molecule has 0 N–H and O–H groups in total. The summed E-state index contributed by atoms with van der Waals surface area (Å²) in [5.74, 6) is 0.839. The second-order valence-corrected chi connectivity index (χ2v) is 5.12. The summed E-state index contributed by atoms with van der Waals surface area (Å²) in [7, 11) is 5.97. The average molecular weight is 298 g/mol. The van der Waals surface area contributed by atoms with Gasteiger partial charge in [-0.25, -0.2) is 0 Å². The van der Waals surface area contributed by atoms with Crippen molar-refractivity contribution >= 4 is 26.8 Å². The first-order valence-corrected chi connectivity index (χ1v) is 6.26. The maximum Gasteiger partial charge on any atom is 0.147 e. The summed E-state index contributed by atoms with van der Waals surface area (Å²) in [5.41, 5.74) is 0.903. The summed E-state index contributed by atoms with van der Waals surface area (Å²) in [6.07, 6.45) is 1.98. The Bertz CT molecular complexity index is 522. The number of likely N-dealkylation sites (N-methyl/N-ethyl adjacent to an activating group) is 1. The van der Waals surface area contributed by atoms with E-state index < -0.39 is 0 Å². The van der Waals surface area contributed by atoms with Gasteiger partial charge >= 0.3 is 0 Å². The summed E-state index contributed by atoms with van der Waals surface area (Å²) < 4.78 is 8.60. The van der Waals surface area contributed by atoms with Crippen molar-refractivity contribution in [1.82, 2.24) is 14.7 Å². The molecule has 2 rings (SSSR count). The minimum absolute atomic E-state index is 0.667. The van der Waals surface area contributed by atoms with E-state index in [1.807, 2.05) is 39.5 Å². The van der Waals surface area contributed by atoms with E-state index in [-0.39, 0.29) is 0 Å². The molecule has 0 spiro atoms. The molecule has 0 aliphatic heterocycles. The van der Waals surface area contributed by atoms with Crippen LogP contribution in [-0.4, -0.2) is 41.9 Å². The molecular formula is C12H16BrN3O. The Morgan fingerprint density at radius 1 is 1.41 bits per heavy atom. The van der Waals surface area contributed by atoms with Crippen LogP contribution < -0.4 is 4.74 Å². The molecule has 0 bridgehead atoms. The molecule has 17 heavy (non-hydrogen) atoms. The molecule has 2 aromatic rings. The lowest BCUT2D eigenvalue weighted by molar-refractivity contribution is 0.263. The zero-order chi connectivity index (χ0) is 12.4. The van der Waals surface area contributed by atoms with Crippen LogP contribution >= 0.6 is 15.9 Å². The van der Waals surface area contributed by atoms with Crippen LogP contribution in [0.15, 0.2) is 22.8 Å². The molecule has 0 saturated carbocycles. The van der Waals surface area contributed by atoms with Crippen molar-refractivity contribution in [2.75, 3.05) is 27.2 Å². The molecule has 0 unspecified atom stereocenters. The van der Waals surface area contributed by atoms with Gasteiger partial charge in [-0.15, -0.1) is 0 Å². The van der Waals surface area contributed by atoms with E-state index in [2.05, 4.69) is 25.9 Å². The number of hydrogen-bond donors (Lipinski definition) is 0. The SMILES string of the molecule is CN(C)CCOc1ccc(Br)c2cn(C)nc12. The predicted molar refractivity (Wildman–Crippen MR) is 72.5 cm³/mol. The van der Waals surface area contributed by atoms with Gasteiger partial charge in [0.1, 0.15) is 17.9 Å². The van der Waals surface area contributed by atoms with Gasteiger partial charge in [-0.05, 0) is 26.2 Å². The van der Waals surface area contributed by atoms with Crippen molar-refractivity contribution in [3.63, 3.8) is 0 Å². The van der Waals surface area contributed by atoms with E-state index in [4.69, 9.17) is 4.74 Å². The number of aromatic nitrogens is 2. The van der Waals surface area contributed by atoms with E-state index in [1.54, 1.807) is 4.68 Å². The van der Waals surface area contributed by atoms with Gasteiger partial charge in [0.15, 0.2) is 0 Å². The zero-order valence-corrected chi connectivity index (χ0v) is 11.9. The number of halogens is 1. The van der Waals surface area contributed by atoms with Crippen LogP contribution in [0.4, 0.5) is 0 Å². The first kappa shape index (κ1) is 12.4. The lowest BCUT2D eigenvalue weighted by Gasteiger charge is -2.11. The summed E-state index contributed by atoms with van der Waals surface area (Å²) in [6, 6.07) is 3.95. The van der Waals surface area contributed by atoms with E-state index in [0.717, 1.165) is 27.7 Å². The normalized spacial score (nSPS) is 11.4. The third-order valence-corrected chi connectivity index (χ3v) is 3.19. The van der Waals surface area contributed by atoms with Crippen LogP contribution in [0.5, 0.6) is 5.75 Å². The quantitative estimate of drug-likeness (QED) is 0.867. The van der Waals surface area contributed by atoms with Crippen LogP contribution in [0, 0.1) is 0 Å². The van der Waals surface area contributed by atoms with Crippen molar-refractivity contribution in [3.8, 4) is 5.75 Å². The van der Waals surface area contributed by atoms with Gasteiger partial charge in [0, 0.05) is 29.6 Å². The maximum absolute atomic E-state index is 5.76. The highest BCUT2D eigenvalue weighted by Crippen LogP contribution is 2.30. The Morgan fingerprint density at radius 2 is 2.18 bits per heavy atom. The van der Waals surface area contributed by atoms with Crippen molar-refractivity contribution in [3.05, 3.63) is 22.8 Å². The summed E-state index contributed by atoms with van der Waals surface area (Å²) in [5, 5.41) is 5.50. The summed E-state index contributed by atoms with van der Waals surface area (Å²) in [4.78, 5) is 2.09. The Labute approximate surface area is 109 Å². The first-order chi connectivity index (χ1) is 8.08. The molecule has 0 fully saturated rings. The fourth-order valence-electron chi connectivity index (χ4n) is 1.62. The smallest absolute Gasteiger partial charge is 0.147 e. The molecule has 92 valence electrons. The van der Waals surface area contributed by atoms with E-state index >= 15 is 0 Å². The molecule has 0 radical (unpaired) electrons. The first-order valence-electron chi connectivity index (χ1n) is 5.47. The van der Waals surface area contributed by atoms with E-state index in [0.29, 0.717) is 6.61 Å². The highest BCUT2D eigenvalue weighted by atomic mass is 79.9. The van der Waals surface area contributed by atoms with Crippen molar-refractivity contribution in [2.45, 2.75) is 0 Å². The van der Waals surface area contributed by atoms with Gasteiger partial charge in [-0.2, -0.15) is 5.10 Å². The van der Waals surface area contributed by atoms with Crippen LogP contribution in [0.1, 0.15) is 0 Å². The molecule has 1 heterocycles. The van der Waals surface area contributed by atoms with Crippen LogP contribution in [-0.2, 0) is 7.05 Å². The van der Waals surface area contributed by atoms with E-state index in [9.17, 15) is 0 Å². The minimum Gasteiger partial charge on any atom is -0.490 e. The topological polar surface area (TPSA) is 30.3 Å². The number of fused-ring (bicyclic) bond motifs is 1. The highest BCUT2D eigenvalue weighted by Gasteiger charge is 2.09. The summed E-state index contributed by atoms with van der Waals surface area (Å²) in [6.45, 7) is 1.56. The number of rotatable bonds is 4. The van der Waals surface area contributed by atoms with Gasteiger partial charge in [0.05, 0.1) is 0 Å². The average Bonchev–Trinajstić information content (AvgIpc) is 2.64. The van der Waals surface area contributed by atoms with Gasteiger partial charge < -0.3 is 9.64 Å². The van der Waals surface area contributed by atoms with E-state index in [1.165, 1.54) is 0 Å². The molecule has 0 aliphatic carbocycles. The number of nitrogens with zero attached hydrogens (tertiary/aromatic N) is 3. The molecule has 1 aromatic carbocycles. The third kappa shape index (κ3) is 2.79. The second-order valence-electron chi connectivity index (χ2n) is 4.26. The predicted octanol–water partition coefficient (Wildman–Crippen LogP) is 2.28. The van der Waals surface area contributed by atoms with Gasteiger partial charge in [0.2, 0.25) is 0 Å². The molecule has 0 atom stereocenters. The lowest BCUT2D eigenvalue weighted by Crippen LogP contribution is -2.19. The van der Waals surface area contributed by atoms with Crippen LogP contribution in [0.25, 0.3) is 10.9 Å². The molecule has 1 aromatic heterocycles. The fourth-order valence-corrected chi connectivity index (χ4v) is 2.04. The van der Waals surface area contributed by atoms with Crippen LogP contribution in [0.3, 0.4) is 0 Å². The van der Waals surface area contributed by atoms with Crippen molar-refractivity contribution in [1.29, 1.82) is 0 Å². The lowest BCUT2D eigenvalue weighted by atomic mass is 10.2. The highest BCUT2D eigenvalue weighted by molar-refractivity contribution is 9.10. The number of hydrogen-bond acceptors (Lipinski definition) is 3. The molecule has 0 saturated heterocycles. The molecule has 4 nitrogen and oxygen atoms in total. The Balaban J connectivity index is 2.25. The van der Waals surface area contributed by atoms with Crippen molar-refractivity contribution in [2.24, 2.45) is 7.05 Å². The third-order valence-electron chi connectivity index (χ3n) is 2.50. The van der Waals surface area contributed by atoms with Gasteiger partial charge in [0.25, 0.3) is 0 Å². The number of benzene rings is 1. The Kier molecular flexibility index (Phi) is 3.69.